The van der Waals surface area contributed by atoms with Crippen LogP contribution in [-0.2, 0) is 30.5 Å². The van der Waals surface area contributed by atoms with Crippen LogP contribution in [0.3, 0.4) is 0 Å². The Hall–Kier alpha value is -3.87. The van der Waals surface area contributed by atoms with Gasteiger partial charge in [-0.15, -0.1) is 0 Å². The molecule has 2 aliphatic rings. The summed E-state index contributed by atoms with van der Waals surface area (Å²) in [5, 5.41) is 3.26. The topological polar surface area (TPSA) is 90.9 Å². The van der Waals surface area contributed by atoms with E-state index < -0.39 is 23.8 Å². The van der Waals surface area contributed by atoms with Crippen molar-refractivity contribution in [3.05, 3.63) is 88.3 Å². The maximum atomic E-state index is 13.7. The van der Waals surface area contributed by atoms with Crippen LogP contribution in [0.1, 0.15) is 44.2 Å². The zero-order valence-electron chi connectivity index (χ0n) is 21.0. The van der Waals surface area contributed by atoms with Crippen LogP contribution in [-0.4, -0.2) is 31.4 Å². The van der Waals surface area contributed by atoms with E-state index in [-0.39, 0.29) is 18.3 Å². The number of methoxy groups -OCH3 is 1. The number of Topliss-reactive ketones (excluding diaryl/α,β-unsaturated/α-hetero) is 1. The van der Waals surface area contributed by atoms with Crippen LogP contribution in [0.2, 0.25) is 0 Å². The molecule has 3 atom stereocenters. The van der Waals surface area contributed by atoms with Gasteiger partial charge in [-0.2, -0.15) is 0 Å². The van der Waals surface area contributed by atoms with E-state index in [9.17, 15) is 14.4 Å². The molecule has 7 heteroatoms. The smallest absolute Gasteiger partial charge is 0.336 e. The Morgan fingerprint density at radius 1 is 1.06 bits per heavy atom. The summed E-state index contributed by atoms with van der Waals surface area (Å²) in [7, 11) is 1.28. The lowest BCUT2D eigenvalue weighted by Gasteiger charge is -2.38. The third kappa shape index (κ3) is 4.91. The van der Waals surface area contributed by atoms with Crippen LogP contribution in [0.5, 0.6) is 5.75 Å². The molecule has 2 aromatic rings. The third-order valence-electron chi connectivity index (χ3n) is 6.70. The molecular formula is C29H31NO6. The molecule has 0 bridgehead atoms. The molecule has 2 aromatic carbocycles. The fourth-order valence-electron chi connectivity index (χ4n) is 4.99. The lowest BCUT2D eigenvalue weighted by atomic mass is 9.69. The summed E-state index contributed by atoms with van der Waals surface area (Å²) in [4.78, 5) is 39.3. The first kappa shape index (κ1) is 25.2. The van der Waals surface area contributed by atoms with Crippen molar-refractivity contribution in [2.45, 2.75) is 39.7 Å². The van der Waals surface area contributed by atoms with Crippen LogP contribution in [0, 0.1) is 11.8 Å². The number of carbonyl (C=O) groups is 3. The monoisotopic (exact) mass is 489 g/mol. The SMILES string of the molecule is CCOC(=O)C1=C(C)NC2=C(C(=O)[C@H](C(=O)OC)[C@H](C)C2)[C@@H]1c1ccc(OCc2ccccc2)cc1. The Morgan fingerprint density at radius 2 is 1.75 bits per heavy atom. The number of hydrogen-bond acceptors (Lipinski definition) is 7. The first-order chi connectivity index (χ1) is 17.3. The summed E-state index contributed by atoms with van der Waals surface area (Å²) in [6.07, 6.45) is 0.489. The Bertz CT molecular complexity index is 1210. The highest BCUT2D eigenvalue weighted by Gasteiger charge is 2.47. The van der Waals surface area contributed by atoms with E-state index in [2.05, 4.69) is 5.32 Å². The molecule has 0 saturated carbocycles. The highest BCUT2D eigenvalue weighted by atomic mass is 16.5. The number of benzene rings is 2. The van der Waals surface area contributed by atoms with Crippen molar-refractivity contribution in [3.8, 4) is 5.75 Å². The summed E-state index contributed by atoms with van der Waals surface area (Å²) in [5.41, 5.74) is 3.93. The molecule has 1 aliphatic heterocycles. The maximum Gasteiger partial charge on any atom is 0.336 e. The summed E-state index contributed by atoms with van der Waals surface area (Å²) in [6, 6.07) is 17.2. The quantitative estimate of drug-likeness (QED) is 0.454. The summed E-state index contributed by atoms with van der Waals surface area (Å²) in [5.74, 6) is -2.55. The standard InChI is InChI=1S/C29H31NO6/c1-5-35-29(33)24-18(3)30-22-15-17(2)23(28(32)34-4)27(31)26(22)25(24)20-11-13-21(14-12-20)36-16-19-9-7-6-8-10-19/h6-14,17,23,25,30H,5,15-16H2,1-4H3/t17-,23-,25-/m1/s1. The number of dihydropyridines is 1. The zero-order valence-corrected chi connectivity index (χ0v) is 21.0. The van der Waals surface area contributed by atoms with E-state index >= 15 is 0 Å². The van der Waals surface area contributed by atoms with Crippen LogP contribution < -0.4 is 10.1 Å². The van der Waals surface area contributed by atoms with E-state index in [1.165, 1.54) is 7.11 Å². The minimum atomic E-state index is -0.923. The number of rotatable bonds is 7. The fourth-order valence-corrected chi connectivity index (χ4v) is 4.99. The van der Waals surface area contributed by atoms with E-state index in [1.807, 2.05) is 68.4 Å². The van der Waals surface area contributed by atoms with Gasteiger partial charge in [-0.3, -0.25) is 9.59 Å². The molecule has 0 unspecified atom stereocenters. The molecule has 1 heterocycles. The van der Waals surface area contributed by atoms with Gasteiger partial charge >= 0.3 is 11.9 Å². The van der Waals surface area contributed by atoms with Gasteiger partial charge in [-0.05, 0) is 49.4 Å². The molecule has 188 valence electrons. The predicted molar refractivity (Wildman–Crippen MR) is 134 cm³/mol. The summed E-state index contributed by atoms with van der Waals surface area (Å²) < 4.78 is 16.2. The minimum absolute atomic E-state index is 0.205. The molecule has 36 heavy (non-hydrogen) atoms. The predicted octanol–water partition coefficient (Wildman–Crippen LogP) is 4.44. The molecule has 0 radical (unpaired) electrons. The highest BCUT2D eigenvalue weighted by molar-refractivity contribution is 6.12. The van der Waals surface area contributed by atoms with Crippen LogP contribution in [0.25, 0.3) is 0 Å². The Morgan fingerprint density at radius 3 is 2.39 bits per heavy atom. The lowest BCUT2D eigenvalue weighted by Crippen LogP contribution is -2.43. The molecular weight excluding hydrogens is 458 g/mol. The number of carbonyl (C=O) groups excluding carboxylic acids is 3. The molecule has 0 aromatic heterocycles. The van der Waals surface area contributed by atoms with Crippen molar-refractivity contribution in [2.24, 2.45) is 11.8 Å². The third-order valence-corrected chi connectivity index (χ3v) is 6.70. The Labute approximate surface area is 211 Å². The van der Waals surface area contributed by atoms with Crippen molar-refractivity contribution in [1.82, 2.24) is 5.32 Å². The average molecular weight is 490 g/mol. The lowest BCUT2D eigenvalue weighted by molar-refractivity contribution is -0.151. The number of esters is 2. The second-order valence-electron chi connectivity index (χ2n) is 9.10. The molecule has 4 rings (SSSR count). The van der Waals surface area contributed by atoms with Gasteiger partial charge in [-0.25, -0.2) is 4.79 Å². The number of ketones is 1. The first-order valence-electron chi connectivity index (χ1n) is 12.1. The highest BCUT2D eigenvalue weighted by Crippen LogP contribution is 2.45. The second kappa shape index (κ2) is 10.8. The van der Waals surface area contributed by atoms with E-state index in [4.69, 9.17) is 14.2 Å². The Balaban J connectivity index is 1.71. The average Bonchev–Trinajstić information content (AvgIpc) is 2.87. The molecule has 0 spiro atoms. The second-order valence-corrected chi connectivity index (χ2v) is 9.10. The van der Waals surface area contributed by atoms with Crippen molar-refractivity contribution in [3.63, 3.8) is 0 Å². The van der Waals surface area contributed by atoms with Crippen molar-refractivity contribution >= 4 is 17.7 Å². The molecule has 0 amide bonds. The van der Waals surface area contributed by atoms with Crippen molar-refractivity contribution in [1.29, 1.82) is 0 Å². The van der Waals surface area contributed by atoms with Crippen LogP contribution in [0.4, 0.5) is 0 Å². The number of ether oxygens (including phenoxy) is 3. The van der Waals surface area contributed by atoms with Crippen LogP contribution >= 0.6 is 0 Å². The van der Waals surface area contributed by atoms with Crippen molar-refractivity contribution in [2.75, 3.05) is 13.7 Å². The normalized spacial score (nSPS) is 21.4. The van der Waals surface area contributed by atoms with Gasteiger partial charge in [-0.1, -0.05) is 49.4 Å². The van der Waals surface area contributed by atoms with E-state index in [1.54, 1.807) is 6.92 Å². The van der Waals surface area contributed by atoms with Crippen molar-refractivity contribution < 1.29 is 28.6 Å². The van der Waals surface area contributed by atoms with Gasteiger partial charge < -0.3 is 19.5 Å². The molecule has 7 nitrogen and oxygen atoms in total. The number of hydrogen-bond donors (Lipinski definition) is 1. The fraction of sp³-hybridized carbons (Fsp3) is 0.345. The van der Waals surface area contributed by atoms with Gasteiger partial charge in [0.2, 0.25) is 0 Å². The molecule has 0 fully saturated rings. The number of nitrogens with one attached hydrogen (secondary N) is 1. The Kier molecular flexibility index (Phi) is 7.58. The van der Waals surface area contributed by atoms with Crippen LogP contribution in [0.15, 0.2) is 77.1 Å². The van der Waals surface area contributed by atoms with Gasteiger partial charge in [0.15, 0.2) is 5.78 Å². The number of allylic oxidation sites excluding steroid dienone is 3. The summed E-state index contributed by atoms with van der Waals surface area (Å²) >= 11 is 0. The molecule has 0 saturated heterocycles. The van der Waals surface area contributed by atoms with Gasteiger partial charge in [0.05, 0.1) is 19.3 Å². The summed E-state index contributed by atoms with van der Waals surface area (Å²) in [6.45, 7) is 6.04. The van der Waals surface area contributed by atoms with Gasteiger partial charge in [0, 0.05) is 22.9 Å². The first-order valence-corrected chi connectivity index (χ1v) is 12.1. The van der Waals surface area contributed by atoms with Gasteiger partial charge in [0.1, 0.15) is 18.3 Å². The zero-order chi connectivity index (χ0) is 25.8. The van der Waals surface area contributed by atoms with E-state index in [0.717, 1.165) is 16.8 Å². The van der Waals surface area contributed by atoms with E-state index in [0.29, 0.717) is 35.6 Å². The van der Waals surface area contributed by atoms with Gasteiger partial charge in [0.25, 0.3) is 0 Å². The molecule has 1 aliphatic carbocycles. The minimum Gasteiger partial charge on any atom is -0.489 e. The molecule has 1 N–H and O–H groups in total. The largest absolute Gasteiger partial charge is 0.489 e. The maximum absolute atomic E-state index is 13.7.